The number of nitrogens with zero attached hydrogens (tertiary/aromatic N) is 1. The van der Waals surface area contributed by atoms with Crippen LogP contribution in [-0.4, -0.2) is 4.98 Å². The summed E-state index contributed by atoms with van der Waals surface area (Å²) in [5.74, 6) is -6.33. The monoisotopic (exact) mass is 537 g/mol. The fraction of sp³-hybridized carbons (Fsp3) is 0.115. The zero-order chi connectivity index (χ0) is 26.5. The van der Waals surface area contributed by atoms with E-state index in [1.807, 2.05) is 6.92 Å². The van der Waals surface area contributed by atoms with Crippen LogP contribution >= 0.6 is 11.3 Å². The lowest BCUT2D eigenvalue weighted by Crippen LogP contribution is -2.22. The number of ether oxygens (including phenoxy) is 2. The standard InChI is InChI=1S/C26H14F7NO2S/c1-13-2-7-21-22(8-13)37-24(34-21)26(32,33)35-17-6-4-14-9-16(5-3-15(14)10-17)25(30,31)36-18-11-19(27)23(29)20(28)12-18/h2-12H,1H3. The van der Waals surface area contributed by atoms with Gasteiger partial charge in [0, 0.05) is 12.1 Å². The van der Waals surface area contributed by atoms with Gasteiger partial charge < -0.3 is 9.47 Å². The average molecular weight is 537 g/mol. The quantitative estimate of drug-likeness (QED) is 0.161. The van der Waals surface area contributed by atoms with Gasteiger partial charge in [-0.1, -0.05) is 18.2 Å². The molecular weight excluding hydrogens is 523 g/mol. The molecule has 0 radical (unpaired) electrons. The lowest BCUT2D eigenvalue weighted by Gasteiger charge is -2.19. The van der Waals surface area contributed by atoms with E-state index >= 15 is 0 Å². The molecule has 1 aromatic heterocycles. The van der Waals surface area contributed by atoms with Crippen LogP contribution in [0.15, 0.2) is 66.7 Å². The van der Waals surface area contributed by atoms with Gasteiger partial charge in [0.25, 0.3) is 0 Å². The van der Waals surface area contributed by atoms with Crippen molar-refractivity contribution in [3.63, 3.8) is 0 Å². The number of halogens is 7. The van der Waals surface area contributed by atoms with Crippen LogP contribution in [0, 0.1) is 24.4 Å². The molecule has 5 aromatic rings. The maximum absolute atomic E-state index is 14.8. The van der Waals surface area contributed by atoms with Gasteiger partial charge in [-0.2, -0.15) is 17.6 Å². The summed E-state index contributed by atoms with van der Waals surface area (Å²) in [6.07, 6.45) is -7.79. The van der Waals surface area contributed by atoms with Crippen molar-refractivity contribution in [2.24, 2.45) is 0 Å². The lowest BCUT2D eigenvalue weighted by atomic mass is 10.1. The molecule has 37 heavy (non-hydrogen) atoms. The predicted octanol–water partition coefficient (Wildman–Crippen LogP) is 8.43. The molecule has 190 valence electrons. The molecule has 0 bridgehead atoms. The van der Waals surface area contributed by atoms with Crippen molar-refractivity contribution >= 4 is 32.3 Å². The maximum Gasteiger partial charge on any atom is 0.454 e. The van der Waals surface area contributed by atoms with Crippen LogP contribution in [0.4, 0.5) is 30.7 Å². The van der Waals surface area contributed by atoms with Crippen LogP contribution in [0.25, 0.3) is 21.0 Å². The number of thiazole rings is 1. The number of hydrogen-bond acceptors (Lipinski definition) is 4. The van der Waals surface area contributed by atoms with Gasteiger partial charge >= 0.3 is 12.2 Å². The smallest absolute Gasteiger partial charge is 0.429 e. The normalized spacial score (nSPS) is 12.3. The largest absolute Gasteiger partial charge is 0.454 e. The topological polar surface area (TPSA) is 31.4 Å². The minimum absolute atomic E-state index is 0.221. The van der Waals surface area contributed by atoms with Crippen LogP contribution in [0.3, 0.4) is 0 Å². The van der Waals surface area contributed by atoms with Crippen LogP contribution < -0.4 is 9.47 Å². The highest BCUT2D eigenvalue weighted by atomic mass is 32.1. The zero-order valence-electron chi connectivity index (χ0n) is 18.7. The van der Waals surface area contributed by atoms with Crippen molar-refractivity contribution in [2.75, 3.05) is 0 Å². The molecule has 11 heteroatoms. The lowest BCUT2D eigenvalue weighted by molar-refractivity contribution is -0.186. The molecule has 0 aliphatic heterocycles. The number of rotatable bonds is 6. The molecule has 0 unspecified atom stereocenters. The Bertz CT molecular complexity index is 1630. The molecule has 0 amide bonds. The molecule has 1 heterocycles. The van der Waals surface area contributed by atoms with Crippen molar-refractivity contribution in [1.82, 2.24) is 4.98 Å². The summed E-state index contributed by atoms with van der Waals surface area (Å²) in [6, 6.07) is 12.6. The second kappa shape index (κ2) is 8.91. The van der Waals surface area contributed by atoms with E-state index in [1.165, 1.54) is 24.3 Å². The average Bonchev–Trinajstić information content (AvgIpc) is 3.26. The molecule has 0 saturated carbocycles. The van der Waals surface area contributed by atoms with E-state index in [0.29, 0.717) is 27.7 Å². The highest BCUT2D eigenvalue weighted by Crippen LogP contribution is 2.39. The molecule has 0 fully saturated rings. The first-order chi connectivity index (χ1) is 17.4. The third kappa shape index (κ3) is 4.91. The minimum atomic E-state index is -4.04. The van der Waals surface area contributed by atoms with Crippen LogP contribution in [0.1, 0.15) is 16.1 Å². The number of hydrogen-bond donors (Lipinski definition) is 0. The van der Waals surface area contributed by atoms with Crippen molar-refractivity contribution < 1.29 is 40.2 Å². The summed E-state index contributed by atoms with van der Waals surface area (Å²) in [4.78, 5) is 3.95. The number of benzene rings is 4. The molecule has 5 rings (SSSR count). The first-order valence-corrected chi connectivity index (χ1v) is 11.4. The summed E-state index contributed by atoms with van der Waals surface area (Å²) in [7, 11) is 0. The van der Waals surface area contributed by atoms with Gasteiger partial charge in [0.1, 0.15) is 11.5 Å². The Balaban J connectivity index is 1.39. The molecule has 0 aliphatic rings. The summed E-state index contributed by atoms with van der Waals surface area (Å²) in [6.45, 7) is 1.83. The van der Waals surface area contributed by atoms with Crippen molar-refractivity contribution in [3.05, 3.63) is 100 Å². The molecule has 0 saturated heterocycles. The Morgan fingerprint density at radius 1 is 0.703 bits per heavy atom. The Hall–Kier alpha value is -3.86. The van der Waals surface area contributed by atoms with E-state index in [1.54, 1.807) is 18.2 Å². The van der Waals surface area contributed by atoms with Crippen molar-refractivity contribution in [1.29, 1.82) is 0 Å². The molecule has 4 aromatic carbocycles. The van der Waals surface area contributed by atoms with Gasteiger partial charge in [-0.05, 0) is 59.7 Å². The van der Waals surface area contributed by atoms with Crippen molar-refractivity contribution in [3.8, 4) is 11.5 Å². The van der Waals surface area contributed by atoms with E-state index in [-0.39, 0.29) is 11.1 Å². The van der Waals surface area contributed by atoms with Gasteiger partial charge in [-0.3, -0.25) is 0 Å². The number of aromatic nitrogens is 1. The number of fused-ring (bicyclic) bond motifs is 2. The molecule has 3 nitrogen and oxygen atoms in total. The summed E-state index contributed by atoms with van der Waals surface area (Å²) >= 11 is 0.798. The van der Waals surface area contributed by atoms with E-state index in [0.717, 1.165) is 29.0 Å². The van der Waals surface area contributed by atoms with E-state index in [4.69, 9.17) is 4.74 Å². The molecule has 0 spiro atoms. The summed E-state index contributed by atoms with van der Waals surface area (Å²) < 4.78 is 109. The van der Waals surface area contributed by atoms with Gasteiger partial charge in [-0.25, -0.2) is 18.2 Å². The second-order valence-corrected chi connectivity index (χ2v) is 9.18. The van der Waals surface area contributed by atoms with Gasteiger partial charge in [0.05, 0.1) is 15.8 Å². The molecule has 0 atom stereocenters. The minimum Gasteiger partial charge on any atom is -0.429 e. The third-order valence-corrected chi connectivity index (χ3v) is 6.46. The van der Waals surface area contributed by atoms with E-state index < -0.39 is 46.0 Å². The van der Waals surface area contributed by atoms with E-state index in [9.17, 15) is 30.7 Å². The Labute approximate surface area is 208 Å². The Morgan fingerprint density at radius 2 is 1.35 bits per heavy atom. The van der Waals surface area contributed by atoms with Crippen LogP contribution in [0.5, 0.6) is 11.5 Å². The van der Waals surface area contributed by atoms with Gasteiger partial charge in [0.15, 0.2) is 17.5 Å². The third-order valence-electron chi connectivity index (χ3n) is 5.39. The van der Waals surface area contributed by atoms with Gasteiger partial charge in [0.2, 0.25) is 5.01 Å². The predicted molar refractivity (Wildman–Crippen MR) is 124 cm³/mol. The number of aryl methyl sites for hydroxylation is 1. The highest BCUT2D eigenvalue weighted by molar-refractivity contribution is 7.18. The molecular formula is C26H14F7NO2S. The first-order valence-electron chi connectivity index (χ1n) is 10.6. The maximum atomic E-state index is 14.8. The van der Waals surface area contributed by atoms with Crippen LogP contribution in [0.2, 0.25) is 0 Å². The fourth-order valence-electron chi connectivity index (χ4n) is 3.61. The summed E-state index contributed by atoms with van der Waals surface area (Å²) in [5.41, 5.74) is 0.622. The summed E-state index contributed by atoms with van der Waals surface area (Å²) in [5, 5.41) is -0.0102. The molecule has 0 aliphatic carbocycles. The van der Waals surface area contributed by atoms with Gasteiger partial charge in [-0.15, -0.1) is 11.3 Å². The highest BCUT2D eigenvalue weighted by Gasteiger charge is 2.39. The van der Waals surface area contributed by atoms with E-state index in [2.05, 4.69) is 9.72 Å². The SMILES string of the molecule is Cc1ccc2nc(C(F)(F)Oc3ccc4cc(C(F)(F)Oc5cc(F)c(F)c(F)c5)ccc4c3)sc2c1. The molecule has 0 N–H and O–H groups in total. The Morgan fingerprint density at radius 3 is 2.08 bits per heavy atom. The first kappa shape index (κ1) is 24.8. The van der Waals surface area contributed by atoms with Crippen LogP contribution in [-0.2, 0) is 12.2 Å². The fourth-order valence-corrected chi connectivity index (χ4v) is 4.59. The zero-order valence-corrected chi connectivity index (χ0v) is 19.5. The second-order valence-electron chi connectivity index (χ2n) is 8.15. The Kier molecular flexibility index (Phi) is 5.98. The number of alkyl halides is 4. The van der Waals surface area contributed by atoms with Crippen molar-refractivity contribution in [2.45, 2.75) is 19.1 Å².